The summed E-state index contributed by atoms with van der Waals surface area (Å²) in [7, 11) is -12.6. The average Bonchev–Trinajstić information content (AvgIpc) is 2.81. The molecule has 20 heteroatoms. The van der Waals surface area contributed by atoms with E-state index in [-0.39, 0.29) is 12.6 Å². The van der Waals surface area contributed by atoms with Gasteiger partial charge in [0.15, 0.2) is 0 Å². The number of carboxylic acid groups (broad SMARTS) is 2. The van der Waals surface area contributed by atoms with E-state index in [4.69, 9.17) is 10.2 Å². The fourth-order valence-corrected chi connectivity index (χ4v) is 14.8. The first kappa shape index (κ1) is 39.6. The molecule has 42 heavy (non-hydrogen) atoms. The van der Waals surface area contributed by atoms with E-state index >= 15 is 0 Å². The molecule has 0 saturated carbocycles. The molecule has 248 valence electrons. The zero-order valence-corrected chi connectivity index (χ0v) is 28.0. The minimum absolute atomic E-state index is 0.289. The van der Waals surface area contributed by atoms with Gasteiger partial charge in [-0.15, -0.1) is 0 Å². The van der Waals surface area contributed by atoms with Crippen LogP contribution < -0.4 is 0 Å². The molecule has 16 nitrogen and oxygen atoms in total. The van der Waals surface area contributed by atoms with E-state index in [1.807, 2.05) is 23.9 Å². The number of nitrogens with zero attached hydrogens (tertiary/aromatic N) is 4. The lowest BCUT2D eigenvalue weighted by molar-refractivity contribution is -0.137. The molecule has 4 atom stereocenters. The molecule has 1 aliphatic rings. The van der Waals surface area contributed by atoms with Gasteiger partial charge in [-0.1, -0.05) is 0 Å². The van der Waals surface area contributed by atoms with Gasteiger partial charge < -0.3 is 39.6 Å². The number of likely N-dealkylation sites (N-methyl/N-ethyl adjacent to an activating group) is 2. The van der Waals surface area contributed by atoms with E-state index in [0.717, 1.165) is 0 Å². The Morgan fingerprint density at radius 1 is 0.548 bits per heavy atom. The van der Waals surface area contributed by atoms with Crippen molar-refractivity contribution in [2.24, 2.45) is 0 Å². The maximum atomic E-state index is 12.9. The summed E-state index contributed by atoms with van der Waals surface area (Å²) in [5.41, 5.74) is 0. The summed E-state index contributed by atoms with van der Waals surface area (Å²) in [5.74, 6) is -4.18. The Labute approximate surface area is 247 Å². The van der Waals surface area contributed by atoms with Crippen molar-refractivity contribution in [1.82, 2.24) is 19.6 Å². The molecule has 0 bridgehead atoms. The summed E-state index contributed by atoms with van der Waals surface area (Å²) < 4.78 is 50.4. The minimum Gasteiger partial charge on any atom is -0.481 e. The first-order valence-corrected chi connectivity index (χ1v) is 21.8. The first-order valence-electron chi connectivity index (χ1n) is 13.7. The number of hydrogen-bond donors (Lipinski definition) is 6. The van der Waals surface area contributed by atoms with Crippen LogP contribution in [0.2, 0.25) is 0 Å². The van der Waals surface area contributed by atoms with Crippen LogP contribution in [0.15, 0.2) is 0 Å². The quantitative estimate of drug-likeness (QED) is 0.141. The van der Waals surface area contributed by atoms with Crippen LogP contribution in [-0.4, -0.2) is 164 Å². The van der Waals surface area contributed by atoms with Crippen LogP contribution in [0.25, 0.3) is 0 Å². The smallest absolute Gasteiger partial charge is 0.303 e. The largest absolute Gasteiger partial charge is 0.481 e. The highest BCUT2D eigenvalue weighted by Crippen LogP contribution is 2.58. The summed E-state index contributed by atoms with van der Waals surface area (Å²) in [6, 6.07) is 0. The highest BCUT2D eigenvalue weighted by molar-refractivity contribution is 7.75. The molecule has 0 radical (unpaired) electrons. The standard InChI is InChI=1S/C22H48N4O12P4/c1-23-7-3-9-26(18-42(37,38)20-40(33,34)16-6-22(29)30)14-12-24(2)8-4-10-25(13-11-23)17-41(35,36)19-39(31,32)15-5-21(27)28/h3-20H2,1-2H3,(H,27,28)(H,29,30)(H,31,32)(H,33,34)(H,35,36)(H,37,38). The lowest BCUT2D eigenvalue weighted by Crippen LogP contribution is -2.40. The SMILES string of the molecule is CN1CCCN(CP(=O)(O)CP(=O)(O)CCC(=O)O)CCN(C)CCCN(CP(=O)(O)CP(=O)(O)CCC(=O)O)CC1. The van der Waals surface area contributed by atoms with Crippen LogP contribution in [0.4, 0.5) is 0 Å². The number of carboxylic acids is 2. The molecule has 0 aliphatic carbocycles. The molecule has 1 rings (SSSR count). The molecule has 0 aromatic heterocycles. The van der Waals surface area contributed by atoms with Crippen molar-refractivity contribution < 1.29 is 57.6 Å². The van der Waals surface area contributed by atoms with E-state index in [1.54, 1.807) is 9.80 Å². The van der Waals surface area contributed by atoms with E-state index < -0.39 is 78.4 Å². The summed E-state index contributed by atoms with van der Waals surface area (Å²) in [5, 5.41) is 17.5. The summed E-state index contributed by atoms with van der Waals surface area (Å²) in [4.78, 5) is 70.1. The van der Waals surface area contributed by atoms with Crippen LogP contribution in [0.5, 0.6) is 0 Å². The number of aliphatic carboxylic acids is 2. The molecule has 0 amide bonds. The topological polar surface area (TPSA) is 237 Å². The highest BCUT2D eigenvalue weighted by atomic mass is 31.2. The van der Waals surface area contributed by atoms with Crippen molar-refractivity contribution in [3.8, 4) is 0 Å². The number of hydrogen-bond acceptors (Lipinski definition) is 10. The predicted molar refractivity (Wildman–Crippen MR) is 160 cm³/mol. The van der Waals surface area contributed by atoms with Gasteiger partial charge in [-0.3, -0.25) is 37.6 Å². The van der Waals surface area contributed by atoms with Gasteiger partial charge >= 0.3 is 11.9 Å². The van der Waals surface area contributed by atoms with Crippen LogP contribution in [0.1, 0.15) is 25.7 Å². The minimum atomic E-state index is -4.09. The molecular weight excluding hydrogens is 636 g/mol. The van der Waals surface area contributed by atoms with Gasteiger partial charge in [0.25, 0.3) is 0 Å². The lowest BCUT2D eigenvalue weighted by Gasteiger charge is -2.31. The number of carbonyl (C=O) groups is 2. The molecule has 1 heterocycles. The lowest BCUT2D eigenvalue weighted by atomic mass is 10.3. The average molecular weight is 685 g/mol. The Morgan fingerprint density at radius 2 is 0.881 bits per heavy atom. The second-order valence-electron chi connectivity index (χ2n) is 11.2. The summed E-state index contributed by atoms with van der Waals surface area (Å²) in [6.07, 6.45) is -1.61. The third-order valence-electron chi connectivity index (χ3n) is 6.70. The Bertz CT molecular complexity index is 998. The first-order chi connectivity index (χ1) is 19.2. The van der Waals surface area contributed by atoms with Gasteiger partial charge in [0.2, 0.25) is 29.5 Å². The molecule has 0 aromatic rings. The third-order valence-corrected chi connectivity index (χ3v) is 17.3. The Morgan fingerprint density at radius 3 is 1.19 bits per heavy atom. The van der Waals surface area contributed by atoms with Crippen molar-refractivity contribution in [3.63, 3.8) is 0 Å². The fourth-order valence-electron chi connectivity index (χ4n) is 4.57. The molecule has 6 N–H and O–H groups in total. The molecule has 0 spiro atoms. The van der Waals surface area contributed by atoms with Crippen molar-refractivity contribution in [3.05, 3.63) is 0 Å². The molecule has 1 saturated heterocycles. The van der Waals surface area contributed by atoms with E-state index in [0.29, 0.717) is 65.2 Å². The van der Waals surface area contributed by atoms with Crippen molar-refractivity contribution >= 4 is 41.4 Å². The fraction of sp³-hybridized carbons (Fsp3) is 0.909. The molecule has 4 unspecified atom stereocenters. The van der Waals surface area contributed by atoms with E-state index in [9.17, 15) is 47.4 Å². The van der Waals surface area contributed by atoms with Gasteiger partial charge in [-0.05, 0) is 53.1 Å². The zero-order chi connectivity index (χ0) is 32.2. The zero-order valence-electron chi connectivity index (χ0n) is 24.4. The van der Waals surface area contributed by atoms with Crippen LogP contribution in [0, 0.1) is 0 Å². The maximum Gasteiger partial charge on any atom is 0.303 e. The van der Waals surface area contributed by atoms with Crippen molar-refractivity contribution in [2.75, 3.05) is 103 Å². The van der Waals surface area contributed by atoms with Gasteiger partial charge in [-0.25, -0.2) is 0 Å². The Hall–Kier alpha value is -0.460. The van der Waals surface area contributed by atoms with Gasteiger partial charge in [0.1, 0.15) is 11.8 Å². The summed E-state index contributed by atoms with van der Waals surface area (Å²) in [6.45, 7) is 3.90. The van der Waals surface area contributed by atoms with Gasteiger partial charge in [-0.2, -0.15) is 0 Å². The van der Waals surface area contributed by atoms with Crippen LogP contribution in [-0.2, 0) is 27.8 Å². The molecule has 0 aromatic carbocycles. The van der Waals surface area contributed by atoms with Crippen LogP contribution in [0.3, 0.4) is 0 Å². The molecule has 1 fully saturated rings. The predicted octanol–water partition coefficient (Wildman–Crippen LogP) is 1.11. The normalized spacial score (nSPS) is 24.0. The van der Waals surface area contributed by atoms with Crippen molar-refractivity contribution in [1.29, 1.82) is 0 Å². The monoisotopic (exact) mass is 684 g/mol. The highest BCUT2D eigenvalue weighted by Gasteiger charge is 2.34. The molecular formula is C22H48N4O12P4. The Balaban J connectivity index is 2.80. The summed E-state index contributed by atoms with van der Waals surface area (Å²) >= 11 is 0. The van der Waals surface area contributed by atoms with Gasteiger partial charge in [0.05, 0.1) is 25.4 Å². The van der Waals surface area contributed by atoms with Crippen LogP contribution >= 0.6 is 29.5 Å². The third kappa shape index (κ3) is 19.0. The second kappa shape index (κ2) is 17.9. The van der Waals surface area contributed by atoms with Gasteiger partial charge in [0, 0.05) is 38.5 Å². The maximum absolute atomic E-state index is 12.9. The Kier molecular flexibility index (Phi) is 16.8. The van der Waals surface area contributed by atoms with Crippen molar-refractivity contribution in [2.45, 2.75) is 25.7 Å². The van der Waals surface area contributed by atoms with E-state index in [2.05, 4.69) is 0 Å². The number of rotatable bonds is 14. The second-order valence-corrected chi connectivity index (χ2v) is 21.7. The van der Waals surface area contributed by atoms with E-state index in [1.165, 1.54) is 0 Å². The molecule has 1 aliphatic heterocycles.